The highest BCUT2D eigenvalue weighted by molar-refractivity contribution is 7.90. The first kappa shape index (κ1) is 23.7. The Balaban J connectivity index is 1.57. The van der Waals surface area contributed by atoms with E-state index in [4.69, 9.17) is 4.74 Å². The Morgan fingerprint density at radius 3 is 2.76 bits per heavy atom. The Bertz CT molecular complexity index is 1130. The van der Waals surface area contributed by atoms with E-state index >= 15 is 0 Å². The molecule has 0 bridgehead atoms. The van der Waals surface area contributed by atoms with Gasteiger partial charge in [0.25, 0.3) is 0 Å². The van der Waals surface area contributed by atoms with Crippen molar-refractivity contribution in [2.75, 3.05) is 24.4 Å². The van der Waals surface area contributed by atoms with Gasteiger partial charge in [-0.05, 0) is 51.8 Å². The number of hydrogen-bond acceptors (Lipinski definition) is 6. The maximum absolute atomic E-state index is 14.0. The molecule has 33 heavy (non-hydrogen) atoms. The van der Waals surface area contributed by atoms with Crippen LogP contribution >= 0.6 is 0 Å². The molecule has 1 spiro atoms. The summed E-state index contributed by atoms with van der Waals surface area (Å²) in [7, 11) is -2.17. The van der Waals surface area contributed by atoms with Crippen LogP contribution in [-0.2, 0) is 16.8 Å². The van der Waals surface area contributed by atoms with Crippen LogP contribution in [0.2, 0.25) is 0 Å². The van der Waals surface area contributed by atoms with E-state index in [1.807, 2.05) is 13.8 Å². The topological polar surface area (TPSA) is 86.2 Å². The predicted octanol–water partition coefficient (Wildman–Crippen LogP) is 3.13. The lowest BCUT2D eigenvalue weighted by Crippen LogP contribution is -2.57. The summed E-state index contributed by atoms with van der Waals surface area (Å²) in [5.41, 5.74) is 0.478. The van der Waals surface area contributed by atoms with Crippen LogP contribution in [0.5, 0.6) is 11.5 Å². The van der Waals surface area contributed by atoms with Crippen LogP contribution in [0.15, 0.2) is 36.5 Å². The van der Waals surface area contributed by atoms with Crippen LogP contribution in [0.25, 0.3) is 0 Å². The van der Waals surface area contributed by atoms with Gasteiger partial charge in [-0.15, -0.1) is 0 Å². The van der Waals surface area contributed by atoms with Crippen molar-refractivity contribution >= 4 is 15.9 Å². The van der Waals surface area contributed by atoms with Gasteiger partial charge in [0, 0.05) is 38.8 Å². The second-order valence-electron chi connectivity index (χ2n) is 9.32. The quantitative estimate of drug-likeness (QED) is 0.711. The van der Waals surface area contributed by atoms with Crippen molar-refractivity contribution in [1.29, 1.82) is 0 Å². The third kappa shape index (κ3) is 4.51. The molecule has 180 valence electrons. The molecule has 8 nitrogen and oxygen atoms in total. The number of halogens is 1. The van der Waals surface area contributed by atoms with Crippen LogP contribution in [0.3, 0.4) is 0 Å². The van der Waals surface area contributed by atoms with Crippen LogP contribution in [0.1, 0.15) is 39.3 Å². The average Bonchev–Trinajstić information content (AvgIpc) is 2.91. The molecule has 0 radical (unpaired) electrons. The number of likely N-dealkylation sites (N-methyl/N-ethyl adjacent to an activating group) is 1. The number of benzene rings is 1. The molecule has 0 saturated carbocycles. The van der Waals surface area contributed by atoms with Crippen molar-refractivity contribution in [1.82, 2.24) is 14.2 Å². The monoisotopic (exact) mass is 478 g/mol. The SMILES string of the molecule is CC(C)Oc1cc(CN2CC[C@@]3(C[C@@H]2C)CN(C)S(=O)(=O)N3c2cccc(F)c2)ncc1O. The maximum atomic E-state index is 14.0. The third-order valence-corrected chi connectivity index (χ3v) is 8.39. The minimum Gasteiger partial charge on any atom is -0.503 e. The first-order valence-corrected chi connectivity index (χ1v) is 12.5. The summed E-state index contributed by atoms with van der Waals surface area (Å²) < 4.78 is 48.8. The van der Waals surface area contributed by atoms with Gasteiger partial charge in [0.15, 0.2) is 11.5 Å². The molecule has 2 aliphatic heterocycles. The van der Waals surface area contributed by atoms with Crippen molar-refractivity contribution in [3.63, 3.8) is 0 Å². The summed E-state index contributed by atoms with van der Waals surface area (Å²) in [6, 6.07) is 7.59. The molecule has 4 rings (SSSR count). The first-order valence-electron chi connectivity index (χ1n) is 11.1. The fourth-order valence-electron chi connectivity index (χ4n) is 4.98. The maximum Gasteiger partial charge on any atom is 0.304 e. The summed E-state index contributed by atoms with van der Waals surface area (Å²) in [5.74, 6) is -0.0596. The summed E-state index contributed by atoms with van der Waals surface area (Å²) >= 11 is 0. The lowest BCUT2D eigenvalue weighted by molar-refractivity contribution is 0.0990. The molecule has 2 aromatic rings. The zero-order chi connectivity index (χ0) is 24.0. The van der Waals surface area contributed by atoms with Crippen LogP contribution in [0, 0.1) is 5.82 Å². The van der Waals surface area contributed by atoms with Gasteiger partial charge in [0.05, 0.1) is 29.2 Å². The Morgan fingerprint density at radius 2 is 2.09 bits per heavy atom. The Hall–Kier alpha value is -2.43. The van der Waals surface area contributed by atoms with E-state index in [9.17, 15) is 17.9 Å². The van der Waals surface area contributed by atoms with Gasteiger partial charge in [-0.2, -0.15) is 12.7 Å². The van der Waals surface area contributed by atoms with Gasteiger partial charge in [-0.3, -0.25) is 14.2 Å². The second-order valence-corrected chi connectivity index (χ2v) is 11.2. The number of nitrogens with zero attached hydrogens (tertiary/aromatic N) is 4. The molecule has 2 saturated heterocycles. The van der Waals surface area contributed by atoms with Crippen molar-refractivity contribution in [3.8, 4) is 11.5 Å². The smallest absolute Gasteiger partial charge is 0.304 e. The van der Waals surface area contributed by atoms with Gasteiger partial charge in [-0.25, -0.2) is 4.39 Å². The number of hydrogen-bond donors (Lipinski definition) is 1. The molecule has 1 aromatic heterocycles. The fourth-order valence-corrected chi connectivity index (χ4v) is 6.76. The zero-order valence-corrected chi connectivity index (χ0v) is 20.2. The molecule has 10 heteroatoms. The molecule has 0 amide bonds. The zero-order valence-electron chi connectivity index (χ0n) is 19.4. The van der Waals surface area contributed by atoms with Crippen molar-refractivity contribution in [2.24, 2.45) is 0 Å². The number of ether oxygens (including phenoxy) is 1. The van der Waals surface area contributed by atoms with Crippen molar-refractivity contribution < 1.29 is 22.7 Å². The predicted molar refractivity (Wildman–Crippen MR) is 124 cm³/mol. The highest BCUT2D eigenvalue weighted by Gasteiger charge is 2.55. The third-order valence-electron chi connectivity index (χ3n) is 6.41. The number of rotatable bonds is 5. The standard InChI is InChI=1S/C23H31FN4O4S/c1-16(2)32-22-11-19(25-13-21(22)29)14-27-9-8-23(12-17(27)3)15-26(4)33(30,31)28(23)20-7-5-6-18(24)10-20/h5-7,10-11,13,16-17,29H,8-9,12,14-15H2,1-4H3/t17-,23+/m0/s1. The average molecular weight is 479 g/mol. The molecule has 2 atom stereocenters. The van der Waals surface area contributed by atoms with Crippen molar-refractivity contribution in [2.45, 2.75) is 57.8 Å². The van der Waals surface area contributed by atoms with Crippen LogP contribution < -0.4 is 9.04 Å². The second kappa shape index (κ2) is 8.73. The molecule has 1 aromatic carbocycles. The number of aromatic nitrogens is 1. The Labute approximate surface area is 194 Å². The molecule has 0 aliphatic carbocycles. The lowest BCUT2D eigenvalue weighted by Gasteiger charge is -2.47. The van der Waals surface area contributed by atoms with E-state index < -0.39 is 21.6 Å². The van der Waals surface area contributed by atoms with E-state index in [1.54, 1.807) is 19.2 Å². The van der Waals surface area contributed by atoms with Gasteiger partial charge in [0.1, 0.15) is 5.82 Å². The van der Waals surface area contributed by atoms with E-state index in [0.717, 1.165) is 5.69 Å². The Kier molecular flexibility index (Phi) is 6.28. The minimum atomic E-state index is -3.74. The molecule has 3 heterocycles. The molecule has 2 aliphatic rings. The first-order chi connectivity index (χ1) is 15.5. The van der Waals surface area contributed by atoms with E-state index in [2.05, 4.69) is 16.8 Å². The molecular weight excluding hydrogens is 447 g/mol. The van der Waals surface area contributed by atoms with E-state index in [1.165, 1.54) is 33.0 Å². The molecular formula is C23H31FN4O4S. The number of anilines is 1. The van der Waals surface area contributed by atoms with Gasteiger partial charge < -0.3 is 9.84 Å². The largest absolute Gasteiger partial charge is 0.503 e. The Morgan fingerprint density at radius 1 is 1.33 bits per heavy atom. The van der Waals surface area contributed by atoms with E-state index in [-0.39, 0.29) is 17.9 Å². The molecule has 1 N–H and O–H groups in total. The number of aromatic hydroxyl groups is 1. The molecule has 2 fully saturated rings. The van der Waals surface area contributed by atoms with Crippen LogP contribution in [0.4, 0.5) is 10.1 Å². The number of likely N-dealkylation sites (tertiary alicyclic amines) is 1. The number of piperidine rings is 1. The molecule has 0 unspecified atom stereocenters. The lowest BCUT2D eigenvalue weighted by atomic mass is 9.83. The normalized spacial score (nSPS) is 25.8. The van der Waals surface area contributed by atoms with Crippen molar-refractivity contribution in [3.05, 3.63) is 48.0 Å². The summed E-state index contributed by atoms with van der Waals surface area (Å²) in [6.07, 6.45) is 2.52. The summed E-state index contributed by atoms with van der Waals surface area (Å²) in [5, 5.41) is 10.0. The minimum absolute atomic E-state index is 0.00281. The van der Waals surface area contributed by atoms with E-state index in [0.29, 0.717) is 43.9 Å². The van der Waals surface area contributed by atoms with Crippen LogP contribution in [-0.4, -0.2) is 65.5 Å². The van der Waals surface area contributed by atoms with Gasteiger partial charge >= 0.3 is 10.2 Å². The fraction of sp³-hybridized carbons (Fsp3) is 0.522. The number of pyridine rings is 1. The summed E-state index contributed by atoms with van der Waals surface area (Å²) in [4.78, 5) is 6.59. The van der Waals surface area contributed by atoms with Gasteiger partial charge in [0.2, 0.25) is 0 Å². The van der Waals surface area contributed by atoms with Gasteiger partial charge in [-0.1, -0.05) is 6.07 Å². The summed E-state index contributed by atoms with van der Waals surface area (Å²) in [6.45, 7) is 7.41. The highest BCUT2D eigenvalue weighted by Crippen LogP contribution is 2.44. The highest BCUT2D eigenvalue weighted by atomic mass is 32.2.